The smallest absolute Gasteiger partial charge is 0.141 e. The molecule has 1 aliphatic rings. The number of rotatable bonds is 6. The third-order valence-corrected chi connectivity index (χ3v) is 4.65. The zero-order valence-electron chi connectivity index (χ0n) is 12.1. The Labute approximate surface area is 115 Å². The Morgan fingerprint density at radius 3 is 2.58 bits per heavy atom. The van der Waals surface area contributed by atoms with Crippen molar-refractivity contribution in [3.05, 3.63) is 29.8 Å². The van der Waals surface area contributed by atoms with Crippen molar-refractivity contribution in [3.63, 3.8) is 0 Å². The summed E-state index contributed by atoms with van der Waals surface area (Å²) in [6.07, 6.45) is 8.94. The van der Waals surface area contributed by atoms with E-state index in [4.69, 9.17) is 0 Å². The van der Waals surface area contributed by atoms with Gasteiger partial charge in [-0.05, 0) is 43.2 Å². The molecule has 1 aromatic heterocycles. The van der Waals surface area contributed by atoms with Gasteiger partial charge in [0, 0.05) is 12.6 Å². The van der Waals surface area contributed by atoms with Crippen LogP contribution < -0.4 is 5.32 Å². The number of aromatic nitrogens is 1. The van der Waals surface area contributed by atoms with E-state index in [1.165, 1.54) is 44.4 Å². The van der Waals surface area contributed by atoms with E-state index in [-0.39, 0.29) is 11.9 Å². The summed E-state index contributed by atoms with van der Waals surface area (Å²) in [6, 6.07) is 3.53. The van der Waals surface area contributed by atoms with Gasteiger partial charge in [-0.15, -0.1) is 0 Å². The largest absolute Gasteiger partial charge is 0.308 e. The number of hydrogen-bond acceptors (Lipinski definition) is 2. The molecule has 0 bridgehead atoms. The van der Waals surface area contributed by atoms with Crippen LogP contribution in [-0.4, -0.2) is 11.5 Å². The van der Waals surface area contributed by atoms with Crippen LogP contribution in [0.1, 0.15) is 64.1 Å². The molecule has 1 heterocycles. The van der Waals surface area contributed by atoms with E-state index in [1.807, 2.05) is 0 Å². The topological polar surface area (TPSA) is 24.9 Å². The van der Waals surface area contributed by atoms with Crippen molar-refractivity contribution in [1.82, 2.24) is 10.3 Å². The molecule has 19 heavy (non-hydrogen) atoms. The summed E-state index contributed by atoms with van der Waals surface area (Å²) in [7, 11) is 0. The molecule has 1 aliphatic carbocycles. The Balaban J connectivity index is 1.97. The summed E-state index contributed by atoms with van der Waals surface area (Å²) >= 11 is 0. The highest BCUT2D eigenvalue weighted by atomic mass is 19.1. The molecule has 1 fully saturated rings. The SMILES string of the molecule is CCC(NCC1(CC)CCCC1)c1ccc(F)cn1. The van der Waals surface area contributed by atoms with Gasteiger partial charge in [-0.1, -0.05) is 26.7 Å². The van der Waals surface area contributed by atoms with E-state index >= 15 is 0 Å². The summed E-state index contributed by atoms with van der Waals surface area (Å²) in [5.41, 5.74) is 1.43. The lowest BCUT2D eigenvalue weighted by Crippen LogP contribution is -2.34. The molecule has 0 amide bonds. The lowest BCUT2D eigenvalue weighted by atomic mass is 9.83. The Morgan fingerprint density at radius 2 is 2.05 bits per heavy atom. The minimum atomic E-state index is -0.264. The van der Waals surface area contributed by atoms with Crippen LogP contribution >= 0.6 is 0 Å². The predicted octanol–water partition coefficient (Wildman–Crippen LogP) is 4.23. The van der Waals surface area contributed by atoms with Crippen LogP contribution in [0.5, 0.6) is 0 Å². The van der Waals surface area contributed by atoms with Gasteiger partial charge in [0.2, 0.25) is 0 Å². The molecule has 1 aromatic rings. The summed E-state index contributed by atoms with van der Waals surface area (Å²) < 4.78 is 12.9. The molecule has 1 N–H and O–H groups in total. The maximum Gasteiger partial charge on any atom is 0.141 e. The second-order valence-electron chi connectivity index (χ2n) is 5.80. The number of halogens is 1. The van der Waals surface area contributed by atoms with Crippen LogP contribution in [0.2, 0.25) is 0 Å². The van der Waals surface area contributed by atoms with Crippen LogP contribution in [0.15, 0.2) is 18.3 Å². The number of nitrogens with one attached hydrogen (secondary N) is 1. The van der Waals surface area contributed by atoms with Crippen LogP contribution in [-0.2, 0) is 0 Å². The standard InChI is InChI=1S/C16H25FN2/c1-3-14(15-8-7-13(17)11-18-15)19-12-16(4-2)9-5-6-10-16/h7-8,11,14,19H,3-6,9-10,12H2,1-2H3. The molecule has 2 nitrogen and oxygen atoms in total. The Hall–Kier alpha value is -0.960. The fourth-order valence-electron chi connectivity index (χ4n) is 3.17. The zero-order valence-corrected chi connectivity index (χ0v) is 12.1. The van der Waals surface area contributed by atoms with Crippen molar-refractivity contribution in [3.8, 4) is 0 Å². The third-order valence-electron chi connectivity index (χ3n) is 4.65. The fraction of sp³-hybridized carbons (Fsp3) is 0.688. The second kappa shape index (κ2) is 6.47. The molecular weight excluding hydrogens is 239 g/mol. The Kier molecular flexibility index (Phi) is 4.92. The van der Waals surface area contributed by atoms with Gasteiger partial charge < -0.3 is 5.32 Å². The summed E-state index contributed by atoms with van der Waals surface area (Å²) in [5, 5.41) is 3.65. The van der Waals surface area contributed by atoms with Gasteiger partial charge in [-0.2, -0.15) is 0 Å². The first-order valence-electron chi connectivity index (χ1n) is 7.54. The third kappa shape index (κ3) is 3.53. The van der Waals surface area contributed by atoms with Crippen molar-refractivity contribution in [2.24, 2.45) is 5.41 Å². The first-order chi connectivity index (χ1) is 9.19. The van der Waals surface area contributed by atoms with E-state index in [9.17, 15) is 4.39 Å². The molecule has 0 saturated heterocycles. The van der Waals surface area contributed by atoms with Gasteiger partial charge in [0.15, 0.2) is 0 Å². The average Bonchev–Trinajstić information content (AvgIpc) is 2.91. The number of pyridine rings is 1. The van der Waals surface area contributed by atoms with Crippen LogP contribution in [0, 0.1) is 11.2 Å². The van der Waals surface area contributed by atoms with E-state index in [2.05, 4.69) is 24.1 Å². The molecule has 1 atom stereocenters. The maximum absolute atomic E-state index is 12.9. The normalized spacial score (nSPS) is 19.5. The van der Waals surface area contributed by atoms with E-state index in [1.54, 1.807) is 6.07 Å². The highest BCUT2D eigenvalue weighted by Gasteiger charge is 2.32. The predicted molar refractivity (Wildman–Crippen MR) is 76.4 cm³/mol. The van der Waals surface area contributed by atoms with Gasteiger partial charge in [-0.25, -0.2) is 4.39 Å². The minimum Gasteiger partial charge on any atom is -0.308 e. The van der Waals surface area contributed by atoms with Crippen LogP contribution in [0.4, 0.5) is 4.39 Å². The minimum absolute atomic E-state index is 0.240. The fourth-order valence-corrected chi connectivity index (χ4v) is 3.17. The van der Waals surface area contributed by atoms with Crippen LogP contribution in [0.25, 0.3) is 0 Å². The molecular formula is C16H25FN2. The van der Waals surface area contributed by atoms with Gasteiger partial charge in [0.05, 0.1) is 11.9 Å². The molecule has 0 aromatic carbocycles. The lowest BCUT2D eigenvalue weighted by Gasteiger charge is -2.30. The van der Waals surface area contributed by atoms with E-state index < -0.39 is 0 Å². The zero-order chi connectivity index (χ0) is 13.7. The number of nitrogens with zero attached hydrogens (tertiary/aromatic N) is 1. The van der Waals surface area contributed by atoms with Gasteiger partial charge in [0.1, 0.15) is 5.82 Å². The van der Waals surface area contributed by atoms with Gasteiger partial charge >= 0.3 is 0 Å². The van der Waals surface area contributed by atoms with Gasteiger partial charge in [-0.3, -0.25) is 4.98 Å². The Bertz CT molecular complexity index is 382. The molecule has 0 aliphatic heterocycles. The molecule has 1 saturated carbocycles. The van der Waals surface area contributed by atoms with Crippen molar-refractivity contribution in [2.75, 3.05) is 6.54 Å². The molecule has 0 radical (unpaired) electrons. The molecule has 2 rings (SSSR count). The van der Waals surface area contributed by atoms with Crippen molar-refractivity contribution >= 4 is 0 Å². The quantitative estimate of drug-likeness (QED) is 0.831. The second-order valence-corrected chi connectivity index (χ2v) is 5.80. The van der Waals surface area contributed by atoms with Gasteiger partial charge in [0.25, 0.3) is 0 Å². The van der Waals surface area contributed by atoms with Crippen molar-refractivity contribution < 1.29 is 4.39 Å². The Morgan fingerprint density at radius 1 is 1.32 bits per heavy atom. The molecule has 106 valence electrons. The molecule has 3 heteroatoms. The van der Waals surface area contributed by atoms with Crippen molar-refractivity contribution in [1.29, 1.82) is 0 Å². The van der Waals surface area contributed by atoms with E-state index in [0.29, 0.717) is 5.41 Å². The summed E-state index contributed by atoms with van der Waals surface area (Å²) in [4.78, 5) is 4.21. The average molecular weight is 264 g/mol. The van der Waals surface area contributed by atoms with Crippen LogP contribution in [0.3, 0.4) is 0 Å². The highest BCUT2D eigenvalue weighted by Crippen LogP contribution is 2.40. The first kappa shape index (κ1) is 14.4. The first-order valence-corrected chi connectivity index (χ1v) is 7.54. The lowest BCUT2D eigenvalue weighted by molar-refractivity contribution is 0.253. The monoisotopic (exact) mass is 264 g/mol. The van der Waals surface area contributed by atoms with E-state index in [0.717, 1.165) is 18.7 Å². The summed E-state index contributed by atoms with van der Waals surface area (Å²) in [6.45, 7) is 5.50. The maximum atomic E-state index is 12.9. The molecule has 1 unspecified atom stereocenters. The van der Waals surface area contributed by atoms with Crippen molar-refractivity contribution in [2.45, 2.75) is 58.4 Å². The molecule has 0 spiro atoms. The number of hydrogen-bond donors (Lipinski definition) is 1. The summed E-state index contributed by atoms with van der Waals surface area (Å²) in [5.74, 6) is -0.264. The highest BCUT2D eigenvalue weighted by molar-refractivity contribution is 5.10.